The Morgan fingerprint density at radius 2 is 2.09 bits per heavy atom. The van der Waals surface area contributed by atoms with Crippen LogP contribution in [0.5, 0.6) is 5.75 Å². The van der Waals surface area contributed by atoms with Crippen molar-refractivity contribution in [2.75, 3.05) is 13.2 Å². The molecule has 1 heterocycles. The van der Waals surface area contributed by atoms with Gasteiger partial charge in [0.25, 0.3) is 5.91 Å². The first-order valence-corrected chi connectivity index (χ1v) is 6.85. The smallest absolute Gasteiger partial charge is 0.389 e. The van der Waals surface area contributed by atoms with E-state index >= 15 is 0 Å². The second kappa shape index (κ2) is 6.86. The molecule has 0 aromatic heterocycles. The Morgan fingerprint density at radius 1 is 1.35 bits per heavy atom. The molecule has 1 aliphatic rings. The minimum absolute atomic E-state index is 0.104. The predicted octanol–water partition coefficient (Wildman–Crippen LogP) is 1.87. The summed E-state index contributed by atoms with van der Waals surface area (Å²) in [4.78, 5) is 24.5. The van der Waals surface area contributed by atoms with E-state index in [0.29, 0.717) is 11.3 Å². The van der Waals surface area contributed by atoms with Gasteiger partial charge in [-0.25, -0.2) is 5.48 Å². The fourth-order valence-corrected chi connectivity index (χ4v) is 2.20. The Kier molecular flexibility index (Phi) is 5.09. The molecule has 1 aliphatic heterocycles. The molecule has 6 nitrogen and oxygen atoms in total. The molecule has 0 unspecified atom stereocenters. The van der Waals surface area contributed by atoms with Crippen LogP contribution in [0.15, 0.2) is 18.2 Å². The molecule has 2 rings (SSSR count). The second-order valence-corrected chi connectivity index (χ2v) is 5.04. The standard InChI is InChI=1S/C14H15F3N2O4/c15-14(16,17)4-3-12(20)19-5-6-23-11-7-9(13(21)18-22)1-2-10(11)8-19/h1-2,7,22H,3-6,8H2,(H,18,21). The molecule has 0 atom stereocenters. The maximum absolute atomic E-state index is 12.2. The lowest BCUT2D eigenvalue weighted by atomic mass is 10.1. The van der Waals surface area contributed by atoms with Gasteiger partial charge in [-0.05, 0) is 12.1 Å². The van der Waals surface area contributed by atoms with Crippen LogP contribution in [-0.4, -0.2) is 41.2 Å². The normalized spacial score (nSPS) is 14.5. The molecule has 23 heavy (non-hydrogen) atoms. The third-order valence-corrected chi connectivity index (χ3v) is 3.39. The van der Waals surface area contributed by atoms with Crippen molar-refractivity contribution >= 4 is 11.8 Å². The van der Waals surface area contributed by atoms with Crippen molar-refractivity contribution in [3.63, 3.8) is 0 Å². The number of carbonyl (C=O) groups excluding carboxylic acids is 2. The summed E-state index contributed by atoms with van der Waals surface area (Å²) >= 11 is 0. The lowest BCUT2D eigenvalue weighted by molar-refractivity contribution is -0.149. The van der Waals surface area contributed by atoms with Crippen molar-refractivity contribution in [2.24, 2.45) is 0 Å². The van der Waals surface area contributed by atoms with Crippen LogP contribution in [0.3, 0.4) is 0 Å². The molecular weight excluding hydrogens is 317 g/mol. The van der Waals surface area contributed by atoms with Gasteiger partial charge in [0.15, 0.2) is 0 Å². The van der Waals surface area contributed by atoms with E-state index in [2.05, 4.69) is 0 Å². The van der Waals surface area contributed by atoms with Gasteiger partial charge in [-0.3, -0.25) is 14.8 Å². The number of halogens is 3. The number of nitrogens with one attached hydrogen (secondary N) is 1. The number of carbonyl (C=O) groups is 2. The number of fused-ring (bicyclic) bond motifs is 1. The highest BCUT2D eigenvalue weighted by molar-refractivity contribution is 5.93. The maximum atomic E-state index is 12.2. The van der Waals surface area contributed by atoms with Gasteiger partial charge < -0.3 is 9.64 Å². The largest absolute Gasteiger partial charge is 0.491 e. The molecular formula is C14H15F3N2O4. The van der Waals surface area contributed by atoms with E-state index < -0.39 is 30.8 Å². The number of amides is 2. The first-order valence-electron chi connectivity index (χ1n) is 6.85. The molecule has 0 aliphatic carbocycles. The lowest BCUT2D eigenvalue weighted by Gasteiger charge is -2.20. The molecule has 1 aromatic rings. The molecule has 0 saturated carbocycles. The molecule has 2 N–H and O–H groups in total. The maximum Gasteiger partial charge on any atom is 0.389 e. The van der Waals surface area contributed by atoms with Crippen LogP contribution < -0.4 is 10.2 Å². The summed E-state index contributed by atoms with van der Waals surface area (Å²) in [5, 5.41) is 8.60. The number of rotatable bonds is 3. The van der Waals surface area contributed by atoms with E-state index in [1.54, 1.807) is 0 Å². The van der Waals surface area contributed by atoms with Crippen molar-refractivity contribution in [3.8, 4) is 5.75 Å². The highest BCUT2D eigenvalue weighted by atomic mass is 19.4. The summed E-state index contributed by atoms with van der Waals surface area (Å²) in [6.45, 7) is 0.370. The van der Waals surface area contributed by atoms with Crippen molar-refractivity contribution in [1.82, 2.24) is 10.4 Å². The third-order valence-electron chi connectivity index (χ3n) is 3.39. The van der Waals surface area contributed by atoms with Crippen LogP contribution in [0.25, 0.3) is 0 Å². The van der Waals surface area contributed by atoms with Crippen LogP contribution in [0.1, 0.15) is 28.8 Å². The molecule has 2 amide bonds. The van der Waals surface area contributed by atoms with Crippen LogP contribution in [-0.2, 0) is 11.3 Å². The molecule has 0 fully saturated rings. The van der Waals surface area contributed by atoms with E-state index in [0.717, 1.165) is 0 Å². The molecule has 0 radical (unpaired) electrons. The molecule has 126 valence electrons. The van der Waals surface area contributed by atoms with Crippen LogP contribution in [0, 0.1) is 0 Å². The van der Waals surface area contributed by atoms with E-state index in [-0.39, 0.29) is 25.3 Å². The van der Waals surface area contributed by atoms with E-state index in [1.807, 2.05) is 0 Å². The predicted molar refractivity (Wildman–Crippen MR) is 71.9 cm³/mol. The summed E-state index contributed by atoms with van der Waals surface area (Å²) < 4.78 is 42.0. The van der Waals surface area contributed by atoms with Gasteiger partial charge in [0.2, 0.25) is 5.91 Å². The molecule has 9 heteroatoms. The zero-order valence-electron chi connectivity index (χ0n) is 12.0. The molecule has 1 aromatic carbocycles. The van der Waals surface area contributed by atoms with Gasteiger partial charge in [0.05, 0.1) is 13.0 Å². The van der Waals surface area contributed by atoms with E-state index in [4.69, 9.17) is 9.94 Å². The summed E-state index contributed by atoms with van der Waals surface area (Å²) in [7, 11) is 0. The van der Waals surface area contributed by atoms with Crippen molar-refractivity contribution < 1.29 is 32.7 Å². The number of hydrogen-bond donors (Lipinski definition) is 2. The Bertz CT molecular complexity index is 604. The first-order chi connectivity index (χ1) is 10.8. The van der Waals surface area contributed by atoms with Crippen molar-refractivity contribution in [1.29, 1.82) is 0 Å². The van der Waals surface area contributed by atoms with Gasteiger partial charge in [-0.1, -0.05) is 6.07 Å². The molecule has 0 bridgehead atoms. The summed E-state index contributed by atoms with van der Waals surface area (Å²) in [5.74, 6) is -0.952. The number of hydrogen-bond acceptors (Lipinski definition) is 4. The zero-order chi connectivity index (χ0) is 17.0. The monoisotopic (exact) mass is 332 g/mol. The number of ether oxygens (including phenoxy) is 1. The van der Waals surface area contributed by atoms with Gasteiger partial charge in [-0.15, -0.1) is 0 Å². The van der Waals surface area contributed by atoms with Gasteiger partial charge in [0.1, 0.15) is 12.4 Å². The highest BCUT2D eigenvalue weighted by Crippen LogP contribution is 2.26. The Hall–Kier alpha value is -2.29. The number of nitrogens with zero attached hydrogens (tertiary/aromatic N) is 1. The fourth-order valence-electron chi connectivity index (χ4n) is 2.20. The minimum atomic E-state index is -4.37. The molecule has 0 saturated heterocycles. The lowest BCUT2D eigenvalue weighted by Crippen LogP contribution is -2.33. The fraction of sp³-hybridized carbons (Fsp3) is 0.429. The summed E-state index contributed by atoms with van der Waals surface area (Å²) in [6.07, 6.45) is -6.14. The number of alkyl halides is 3. The minimum Gasteiger partial charge on any atom is -0.491 e. The second-order valence-electron chi connectivity index (χ2n) is 5.04. The summed E-state index contributed by atoms with van der Waals surface area (Å²) in [6, 6.07) is 4.37. The Balaban J connectivity index is 2.09. The third kappa shape index (κ3) is 4.59. The van der Waals surface area contributed by atoms with Crippen LogP contribution in [0.2, 0.25) is 0 Å². The van der Waals surface area contributed by atoms with Gasteiger partial charge >= 0.3 is 6.18 Å². The van der Waals surface area contributed by atoms with Gasteiger partial charge in [-0.2, -0.15) is 13.2 Å². The van der Waals surface area contributed by atoms with Gasteiger partial charge in [0, 0.05) is 24.1 Å². The van der Waals surface area contributed by atoms with Crippen LogP contribution in [0.4, 0.5) is 13.2 Å². The Labute approximate surface area is 129 Å². The highest BCUT2D eigenvalue weighted by Gasteiger charge is 2.30. The number of benzene rings is 1. The average molecular weight is 332 g/mol. The number of hydroxylamine groups is 1. The van der Waals surface area contributed by atoms with Crippen molar-refractivity contribution in [3.05, 3.63) is 29.3 Å². The topological polar surface area (TPSA) is 78.9 Å². The van der Waals surface area contributed by atoms with Crippen molar-refractivity contribution in [2.45, 2.75) is 25.6 Å². The van der Waals surface area contributed by atoms with Crippen LogP contribution >= 0.6 is 0 Å². The average Bonchev–Trinajstić information content (AvgIpc) is 2.72. The zero-order valence-corrected chi connectivity index (χ0v) is 12.0. The SMILES string of the molecule is O=C(NO)c1ccc2c(c1)OCCN(C(=O)CCC(F)(F)F)C2. The van der Waals surface area contributed by atoms with E-state index in [1.165, 1.54) is 28.6 Å². The quantitative estimate of drug-likeness (QED) is 0.654. The Morgan fingerprint density at radius 3 is 2.74 bits per heavy atom. The molecule has 0 spiro atoms. The van der Waals surface area contributed by atoms with E-state index in [9.17, 15) is 22.8 Å². The first kappa shape index (κ1) is 17.1. The summed E-state index contributed by atoms with van der Waals surface area (Å²) in [5.41, 5.74) is 2.25.